The second-order valence-corrected chi connectivity index (χ2v) is 6.37. The molecule has 142 valence electrons. The van der Waals surface area contributed by atoms with Gasteiger partial charge in [-0.3, -0.25) is 10.1 Å². The van der Waals surface area contributed by atoms with Crippen LogP contribution in [0.5, 0.6) is 0 Å². The van der Waals surface area contributed by atoms with E-state index in [1.165, 1.54) is 0 Å². The molecule has 1 aromatic carbocycles. The van der Waals surface area contributed by atoms with E-state index < -0.39 is 0 Å². The van der Waals surface area contributed by atoms with Crippen LogP contribution in [-0.2, 0) is 6.42 Å². The fourth-order valence-corrected chi connectivity index (χ4v) is 2.45. The van der Waals surface area contributed by atoms with Gasteiger partial charge in [0.25, 0.3) is 5.69 Å². The Bertz CT molecular complexity index is 715. The van der Waals surface area contributed by atoms with Gasteiger partial charge in [0, 0.05) is 37.1 Å². The number of nitro benzene ring substituents is 1. The van der Waals surface area contributed by atoms with Gasteiger partial charge in [0.1, 0.15) is 5.69 Å². The SMILES string of the molecule is CC(C)n1cc(CCCNc2ccc(NCCCN)c([N+](=O)[O-])c2)nn1. The van der Waals surface area contributed by atoms with Crippen LogP contribution in [0.1, 0.15) is 38.4 Å². The summed E-state index contributed by atoms with van der Waals surface area (Å²) in [5.41, 5.74) is 7.70. The van der Waals surface area contributed by atoms with Crippen molar-refractivity contribution in [1.82, 2.24) is 15.0 Å². The van der Waals surface area contributed by atoms with Crippen LogP contribution in [0.4, 0.5) is 17.1 Å². The summed E-state index contributed by atoms with van der Waals surface area (Å²) in [6, 6.07) is 5.42. The molecule has 26 heavy (non-hydrogen) atoms. The van der Waals surface area contributed by atoms with E-state index >= 15 is 0 Å². The van der Waals surface area contributed by atoms with Crippen molar-refractivity contribution in [2.24, 2.45) is 5.73 Å². The van der Waals surface area contributed by atoms with Crippen LogP contribution in [0.3, 0.4) is 0 Å². The number of nitrogens with two attached hydrogens (primary N) is 1. The molecule has 0 saturated heterocycles. The second kappa shape index (κ2) is 9.71. The molecule has 0 aliphatic rings. The Morgan fingerprint density at radius 2 is 2.04 bits per heavy atom. The Kier molecular flexibility index (Phi) is 7.34. The Morgan fingerprint density at radius 3 is 2.69 bits per heavy atom. The number of aryl methyl sites for hydroxylation is 1. The first-order chi connectivity index (χ1) is 12.5. The van der Waals surface area contributed by atoms with Gasteiger partial charge >= 0.3 is 0 Å². The predicted octanol–water partition coefficient (Wildman–Crippen LogP) is 2.57. The smallest absolute Gasteiger partial charge is 0.294 e. The average molecular weight is 361 g/mol. The molecule has 0 atom stereocenters. The summed E-state index contributed by atoms with van der Waals surface area (Å²) < 4.78 is 1.84. The standard InChI is InChI=1S/C17H27N7O2/c1-13(2)23-12-15(21-22-23)5-3-9-19-14-6-7-16(20-10-4-8-18)17(11-14)24(25)26/h6-7,11-13,19-20H,3-5,8-10,18H2,1-2H3. The van der Waals surface area contributed by atoms with Crippen molar-refractivity contribution in [2.45, 2.75) is 39.2 Å². The molecule has 9 nitrogen and oxygen atoms in total. The van der Waals surface area contributed by atoms with Crippen LogP contribution >= 0.6 is 0 Å². The van der Waals surface area contributed by atoms with E-state index in [1.807, 2.05) is 16.9 Å². The number of nitrogens with zero attached hydrogens (tertiary/aromatic N) is 4. The van der Waals surface area contributed by atoms with Gasteiger partial charge in [-0.2, -0.15) is 0 Å². The van der Waals surface area contributed by atoms with E-state index in [-0.39, 0.29) is 10.6 Å². The van der Waals surface area contributed by atoms with Gasteiger partial charge in [0.15, 0.2) is 0 Å². The van der Waals surface area contributed by atoms with Crippen LogP contribution in [0, 0.1) is 10.1 Å². The quantitative estimate of drug-likeness (QED) is 0.319. The molecule has 4 N–H and O–H groups in total. The van der Waals surface area contributed by atoms with E-state index in [1.54, 1.807) is 12.1 Å². The lowest BCUT2D eigenvalue weighted by Gasteiger charge is -2.10. The van der Waals surface area contributed by atoms with Crippen LogP contribution < -0.4 is 16.4 Å². The molecule has 2 rings (SSSR count). The summed E-state index contributed by atoms with van der Waals surface area (Å²) in [4.78, 5) is 10.9. The lowest BCUT2D eigenvalue weighted by Crippen LogP contribution is -2.10. The number of anilines is 2. The largest absolute Gasteiger partial charge is 0.385 e. The summed E-state index contributed by atoms with van der Waals surface area (Å²) >= 11 is 0. The molecule has 0 aliphatic heterocycles. The number of nitrogens with one attached hydrogen (secondary N) is 2. The van der Waals surface area contributed by atoms with Crippen LogP contribution in [-0.4, -0.2) is 39.6 Å². The summed E-state index contributed by atoms with van der Waals surface area (Å²) in [6.07, 6.45) is 4.39. The number of hydrogen-bond donors (Lipinski definition) is 3. The number of hydrogen-bond acceptors (Lipinski definition) is 7. The number of benzene rings is 1. The topological polar surface area (TPSA) is 124 Å². The summed E-state index contributed by atoms with van der Waals surface area (Å²) in [7, 11) is 0. The van der Waals surface area contributed by atoms with Crippen molar-refractivity contribution in [3.05, 3.63) is 40.2 Å². The maximum absolute atomic E-state index is 11.3. The Hall–Kier alpha value is -2.68. The van der Waals surface area contributed by atoms with Crippen molar-refractivity contribution in [3.8, 4) is 0 Å². The summed E-state index contributed by atoms with van der Waals surface area (Å²) in [5.74, 6) is 0. The number of aromatic nitrogens is 3. The zero-order chi connectivity index (χ0) is 18.9. The fourth-order valence-electron chi connectivity index (χ4n) is 2.45. The molecule has 0 radical (unpaired) electrons. The third kappa shape index (κ3) is 5.69. The molecule has 0 spiro atoms. The van der Waals surface area contributed by atoms with Crippen molar-refractivity contribution in [3.63, 3.8) is 0 Å². The van der Waals surface area contributed by atoms with E-state index in [9.17, 15) is 10.1 Å². The van der Waals surface area contributed by atoms with Crippen molar-refractivity contribution >= 4 is 17.1 Å². The summed E-state index contributed by atoms with van der Waals surface area (Å²) in [6.45, 7) is 5.97. The molecule has 1 heterocycles. The van der Waals surface area contributed by atoms with Crippen molar-refractivity contribution in [1.29, 1.82) is 0 Å². The first kappa shape index (κ1) is 19.6. The molecule has 1 aromatic heterocycles. The molecule has 0 fully saturated rings. The predicted molar refractivity (Wildman–Crippen MR) is 102 cm³/mol. The molecular formula is C17H27N7O2. The fraction of sp³-hybridized carbons (Fsp3) is 0.529. The highest BCUT2D eigenvalue weighted by Gasteiger charge is 2.14. The molecule has 0 bridgehead atoms. The minimum Gasteiger partial charge on any atom is -0.385 e. The van der Waals surface area contributed by atoms with E-state index in [4.69, 9.17) is 5.73 Å². The molecule has 0 unspecified atom stereocenters. The number of nitro groups is 1. The van der Waals surface area contributed by atoms with Crippen molar-refractivity contribution < 1.29 is 4.92 Å². The van der Waals surface area contributed by atoms with Gasteiger partial charge in [-0.1, -0.05) is 5.21 Å². The zero-order valence-electron chi connectivity index (χ0n) is 15.3. The second-order valence-electron chi connectivity index (χ2n) is 6.37. The molecule has 9 heteroatoms. The van der Waals surface area contributed by atoms with E-state index in [2.05, 4.69) is 34.8 Å². The average Bonchev–Trinajstić information content (AvgIpc) is 3.09. The molecule has 0 saturated carbocycles. The lowest BCUT2D eigenvalue weighted by molar-refractivity contribution is -0.383. The Morgan fingerprint density at radius 1 is 1.27 bits per heavy atom. The first-order valence-corrected chi connectivity index (χ1v) is 8.88. The van der Waals surface area contributed by atoms with Crippen molar-refractivity contribution in [2.75, 3.05) is 30.3 Å². The third-order valence-corrected chi connectivity index (χ3v) is 3.92. The third-order valence-electron chi connectivity index (χ3n) is 3.92. The molecular weight excluding hydrogens is 334 g/mol. The highest BCUT2D eigenvalue weighted by atomic mass is 16.6. The monoisotopic (exact) mass is 361 g/mol. The maximum Gasteiger partial charge on any atom is 0.294 e. The van der Waals surface area contributed by atoms with Gasteiger partial charge in [0.05, 0.1) is 10.6 Å². The first-order valence-electron chi connectivity index (χ1n) is 8.88. The Labute approximate surface area is 153 Å². The number of rotatable bonds is 11. The van der Waals surface area contributed by atoms with Gasteiger partial charge in [0.2, 0.25) is 0 Å². The molecule has 0 aliphatic carbocycles. The minimum atomic E-state index is -0.375. The van der Waals surface area contributed by atoms with Gasteiger partial charge < -0.3 is 16.4 Å². The van der Waals surface area contributed by atoms with Crippen LogP contribution in [0.2, 0.25) is 0 Å². The highest BCUT2D eigenvalue weighted by molar-refractivity contribution is 5.67. The minimum absolute atomic E-state index is 0.0619. The highest BCUT2D eigenvalue weighted by Crippen LogP contribution is 2.27. The molecule has 2 aromatic rings. The van der Waals surface area contributed by atoms with Gasteiger partial charge in [-0.15, -0.1) is 5.10 Å². The van der Waals surface area contributed by atoms with Gasteiger partial charge in [-0.05, 0) is 51.8 Å². The Balaban J connectivity index is 1.86. The van der Waals surface area contributed by atoms with E-state index in [0.29, 0.717) is 31.4 Å². The normalized spacial score (nSPS) is 10.9. The van der Waals surface area contributed by atoms with Crippen LogP contribution in [0.15, 0.2) is 24.4 Å². The summed E-state index contributed by atoms with van der Waals surface area (Å²) in [5, 5.41) is 25.8. The molecule has 0 amide bonds. The zero-order valence-corrected chi connectivity index (χ0v) is 15.3. The lowest BCUT2D eigenvalue weighted by atomic mass is 10.2. The van der Waals surface area contributed by atoms with Gasteiger partial charge in [-0.25, -0.2) is 4.68 Å². The maximum atomic E-state index is 11.3. The van der Waals surface area contributed by atoms with E-state index in [0.717, 1.165) is 30.6 Å². The van der Waals surface area contributed by atoms with Crippen LogP contribution in [0.25, 0.3) is 0 Å².